The Morgan fingerprint density at radius 3 is 2.41 bits per heavy atom. The van der Waals surface area contributed by atoms with E-state index in [2.05, 4.69) is 48.6 Å². The van der Waals surface area contributed by atoms with Gasteiger partial charge in [-0.3, -0.25) is 4.57 Å². The summed E-state index contributed by atoms with van der Waals surface area (Å²) in [6.07, 6.45) is 6.56. The van der Waals surface area contributed by atoms with Crippen molar-refractivity contribution in [2.45, 2.75) is 52.0 Å². The highest BCUT2D eigenvalue weighted by Gasteiger charge is 2.11. The van der Waals surface area contributed by atoms with Gasteiger partial charge in [0.25, 0.3) is 0 Å². The lowest BCUT2D eigenvalue weighted by Crippen LogP contribution is -2.15. The van der Waals surface area contributed by atoms with Crippen molar-refractivity contribution >= 4 is 7.60 Å². The minimum atomic E-state index is -3.89. The van der Waals surface area contributed by atoms with Crippen LogP contribution in [0.5, 0.6) is 5.75 Å². The van der Waals surface area contributed by atoms with Gasteiger partial charge >= 0.3 is 7.60 Å². The number of unbranched alkanes of at least 4 members (excludes halogenated alkanes) is 4. The molecule has 0 aliphatic heterocycles. The quantitative estimate of drug-likeness (QED) is 0.284. The van der Waals surface area contributed by atoms with Gasteiger partial charge in [0.15, 0.2) is 0 Å². The Morgan fingerprint density at radius 1 is 0.931 bits per heavy atom. The molecule has 2 aromatic carbocycles. The van der Waals surface area contributed by atoms with E-state index in [1.165, 1.54) is 25.7 Å². The number of nitrogens with one attached hydrogen (secondary N) is 1. The molecule has 0 radical (unpaired) electrons. The topological polar surface area (TPSA) is 78.8 Å². The van der Waals surface area contributed by atoms with E-state index in [1.807, 2.05) is 12.1 Å². The van der Waals surface area contributed by atoms with Crippen molar-refractivity contribution in [1.82, 2.24) is 5.32 Å². The number of hydrogen-bond acceptors (Lipinski definition) is 3. The molecule has 2 rings (SSSR count). The summed E-state index contributed by atoms with van der Waals surface area (Å²) in [4.78, 5) is 17.7. The van der Waals surface area contributed by atoms with E-state index in [9.17, 15) is 4.57 Å². The minimum Gasteiger partial charge on any atom is -0.494 e. The van der Waals surface area contributed by atoms with Gasteiger partial charge in [0.2, 0.25) is 0 Å². The first kappa shape index (κ1) is 23.6. The first-order valence-electron chi connectivity index (χ1n) is 10.6. The van der Waals surface area contributed by atoms with Gasteiger partial charge in [0, 0.05) is 6.54 Å². The second-order valence-corrected chi connectivity index (χ2v) is 9.18. The molecule has 0 aliphatic rings. The molecule has 0 heterocycles. The molecule has 5 nitrogen and oxygen atoms in total. The SMILES string of the molecule is CCCCCCCOc1cccc(-c2ccc(CNCCCP(=O)(O)O)cc2)c1. The van der Waals surface area contributed by atoms with Gasteiger partial charge in [-0.1, -0.05) is 69.0 Å². The first-order valence-corrected chi connectivity index (χ1v) is 12.3. The lowest BCUT2D eigenvalue weighted by atomic mass is 10.0. The van der Waals surface area contributed by atoms with Gasteiger partial charge in [0.1, 0.15) is 5.75 Å². The van der Waals surface area contributed by atoms with E-state index in [4.69, 9.17) is 14.5 Å². The molecule has 0 atom stereocenters. The smallest absolute Gasteiger partial charge is 0.325 e. The van der Waals surface area contributed by atoms with Crippen LogP contribution in [0.4, 0.5) is 0 Å². The van der Waals surface area contributed by atoms with Gasteiger partial charge in [-0.15, -0.1) is 0 Å². The van der Waals surface area contributed by atoms with E-state index < -0.39 is 7.60 Å². The summed E-state index contributed by atoms with van der Waals surface area (Å²) in [6, 6.07) is 16.5. The van der Waals surface area contributed by atoms with Crippen molar-refractivity contribution in [3.63, 3.8) is 0 Å². The van der Waals surface area contributed by atoms with Crippen LogP contribution in [0.1, 0.15) is 51.0 Å². The summed E-state index contributed by atoms with van der Waals surface area (Å²) in [7, 11) is -3.89. The molecule has 0 aliphatic carbocycles. The molecule has 0 spiro atoms. The molecule has 6 heteroatoms. The maximum atomic E-state index is 10.8. The second-order valence-electron chi connectivity index (χ2n) is 7.41. The lowest BCUT2D eigenvalue weighted by Gasteiger charge is -2.10. The van der Waals surface area contributed by atoms with Crippen LogP contribution in [0.25, 0.3) is 11.1 Å². The predicted octanol–water partition coefficient (Wildman–Crippen LogP) is 5.36. The number of benzene rings is 2. The average Bonchev–Trinajstić information content (AvgIpc) is 2.70. The van der Waals surface area contributed by atoms with Crippen molar-refractivity contribution in [2.24, 2.45) is 0 Å². The second kappa shape index (κ2) is 12.8. The van der Waals surface area contributed by atoms with E-state index in [1.54, 1.807) is 0 Å². The molecule has 2 aromatic rings. The summed E-state index contributed by atoms with van der Waals surface area (Å²) >= 11 is 0. The monoisotopic (exact) mass is 419 g/mol. The van der Waals surface area contributed by atoms with Crippen LogP contribution in [0, 0.1) is 0 Å². The van der Waals surface area contributed by atoms with Crippen LogP contribution < -0.4 is 10.1 Å². The zero-order chi connectivity index (χ0) is 21.0. The van der Waals surface area contributed by atoms with Gasteiger partial charge in [-0.05, 0) is 48.2 Å². The van der Waals surface area contributed by atoms with E-state index in [0.29, 0.717) is 19.5 Å². The van der Waals surface area contributed by atoms with Crippen molar-refractivity contribution in [2.75, 3.05) is 19.3 Å². The molecular weight excluding hydrogens is 385 g/mol. The van der Waals surface area contributed by atoms with Gasteiger partial charge in [0.05, 0.1) is 12.8 Å². The Hall–Kier alpha value is -1.65. The molecule has 0 saturated carbocycles. The molecule has 160 valence electrons. The highest BCUT2D eigenvalue weighted by atomic mass is 31.2. The van der Waals surface area contributed by atoms with Crippen LogP contribution >= 0.6 is 7.60 Å². The van der Waals surface area contributed by atoms with Gasteiger partial charge in [-0.2, -0.15) is 0 Å². The van der Waals surface area contributed by atoms with Crippen LogP contribution in [0.15, 0.2) is 48.5 Å². The summed E-state index contributed by atoms with van der Waals surface area (Å²) in [6.45, 7) is 4.26. The molecular formula is C23H34NO4P. The Morgan fingerprint density at radius 2 is 1.69 bits per heavy atom. The predicted molar refractivity (Wildman–Crippen MR) is 119 cm³/mol. The Bertz CT molecular complexity index is 758. The Kier molecular flexibility index (Phi) is 10.4. The fourth-order valence-electron chi connectivity index (χ4n) is 3.12. The van der Waals surface area contributed by atoms with Crippen molar-refractivity contribution < 1.29 is 19.1 Å². The molecule has 0 saturated heterocycles. The standard InChI is InChI=1S/C23H34NO4P/c1-2-3-4-5-6-16-28-23-10-7-9-22(18-23)21-13-11-20(12-14-21)19-24-15-8-17-29(25,26)27/h7,9-14,18,24H,2-6,8,15-17,19H2,1H3,(H2,25,26,27). The van der Waals surface area contributed by atoms with Crippen LogP contribution in [-0.4, -0.2) is 29.1 Å². The maximum Gasteiger partial charge on any atom is 0.325 e. The van der Waals surface area contributed by atoms with Crippen molar-refractivity contribution in [3.05, 3.63) is 54.1 Å². The van der Waals surface area contributed by atoms with E-state index >= 15 is 0 Å². The highest BCUT2D eigenvalue weighted by Crippen LogP contribution is 2.34. The summed E-state index contributed by atoms with van der Waals surface area (Å²) < 4.78 is 16.7. The third kappa shape index (κ3) is 10.1. The Balaban J connectivity index is 1.78. The molecule has 0 fully saturated rings. The fourth-order valence-corrected chi connectivity index (χ4v) is 3.69. The molecule has 0 unspecified atom stereocenters. The minimum absolute atomic E-state index is 0.0733. The van der Waals surface area contributed by atoms with Crippen LogP contribution in [0.2, 0.25) is 0 Å². The number of hydrogen-bond donors (Lipinski definition) is 3. The molecule has 0 amide bonds. The maximum absolute atomic E-state index is 10.8. The summed E-state index contributed by atoms with van der Waals surface area (Å²) in [5, 5.41) is 3.22. The lowest BCUT2D eigenvalue weighted by molar-refractivity contribution is 0.304. The molecule has 29 heavy (non-hydrogen) atoms. The Labute approximate surface area is 174 Å². The van der Waals surface area contributed by atoms with Gasteiger partial charge < -0.3 is 19.8 Å². The average molecular weight is 420 g/mol. The largest absolute Gasteiger partial charge is 0.494 e. The van der Waals surface area contributed by atoms with Crippen molar-refractivity contribution in [3.8, 4) is 16.9 Å². The van der Waals surface area contributed by atoms with E-state index in [-0.39, 0.29) is 6.16 Å². The molecule has 0 aromatic heterocycles. The van der Waals surface area contributed by atoms with Crippen LogP contribution in [0.3, 0.4) is 0 Å². The molecule has 0 bridgehead atoms. The van der Waals surface area contributed by atoms with Gasteiger partial charge in [-0.25, -0.2) is 0 Å². The third-order valence-electron chi connectivity index (χ3n) is 4.77. The summed E-state index contributed by atoms with van der Waals surface area (Å²) in [5.74, 6) is 0.911. The summed E-state index contributed by atoms with van der Waals surface area (Å²) in [5.41, 5.74) is 3.42. The first-order chi connectivity index (χ1) is 14.0. The number of rotatable bonds is 14. The highest BCUT2D eigenvalue weighted by molar-refractivity contribution is 7.51. The zero-order valence-corrected chi connectivity index (χ0v) is 18.2. The molecule has 3 N–H and O–H groups in total. The third-order valence-corrected chi connectivity index (χ3v) is 5.67. The fraction of sp³-hybridized carbons (Fsp3) is 0.478. The number of ether oxygens (including phenoxy) is 1. The van der Waals surface area contributed by atoms with Crippen LogP contribution in [-0.2, 0) is 11.1 Å². The normalized spacial score (nSPS) is 11.6. The van der Waals surface area contributed by atoms with Crippen molar-refractivity contribution in [1.29, 1.82) is 0 Å². The zero-order valence-electron chi connectivity index (χ0n) is 17.3. The van der Waals surface area contributed by atoms with E-state index in [0.717, 1.165) is 35.5 Å².